The molecule has 0 saturated heterocycles. The number of hydrogen-bond donors (Lipinski definition) is 2. The second-order valence-electron chi connectivity index (χ2n) is 9.04. The van der Waals surface area contributed by atoms with E-state index in [1.807, 2.05) is 6.92 Å². The normalized spacial score (nSPS) is 18.5. The number of aromatic nitrogens is 2. The van der Waals surface area contributed by atoms with Gasteiger partial charge in [0.1, 0.15) is 5.75 Å². The van der Waals surface area contributed by atoms with Crippen LogP contribution < -0.4 is 10.1 Å². The van der Waals surface area contributed by atoms with Crippen molar-refractivity contribution in [2.75, 3.05) is 0 Å². The van der Waals surface area contributed by atoms with Crippen LogP contribution in [0.5, 0.6) is 5.75 Å². The summed E-state index contributed by atoms with van der Waals surface area (Å²) in [6, 6.07) is 8.41. The van der Waals surface area contributed by atoms with Gasteiger partial charge in [-0.1, -0.05) is 18.1 Å². The number of amides is 1. The van der Waals surface area contributed by atoms with Crippen LogP contribution in [0.3, 0.4) is 0 Å². The van der Waals surface area contributed by atoms with Crippen molar-refractivity contribution in [3.63, 3.8) is 0 Å². The van der Waals surface area contributed by atoms with Crippen LogP contribution in [0.25, 0.3) is 10.9 Å². The van der Waals surface area contributed by atoms with Crippen molar-refractivity contribution in [1.82, 2.24) is 15.1 Å². The fourth-order valence-corrected chi connectivity index (χ4v) is 4.72. The molecule has 0 aliphatic heterocycles. The molecule has 37 heavy (non-hydrogen) atoms. The number of nitrogens with one attached hydrogen (secondary N) is 1. The minimum Gasteiger partial charge on any atom is -0.481 e. The van der Waals surface area contributed by atoms with Crippen LogP contribution in [0.2, 0.25) is 0 Å². The fourth-order valence-electron chi connectivity index (χ4n) is 4.72. The number of nitrogens with zero attached hydrogens (tertiary/aromatic N) is 2. The van der Waals surface area contributed by atoms with E-state index in [9.17, 15) is 27.9 Å². The molecule has 1 unspecified atom stereocenters. The third-order valence-electron chi connectivity index (χ3n) is 6.64. The molecule has 10 heteroatoms. The quantitative estimate of drug-likeness (QED) is 0.437. The van der Waals surface area contributed by atoms with Gasteiger partial charge < -0.3 is 15.2 Å². The van der Waals surface area contributed by atoms with E-state index in [1.165, 1.54) is 24.3 Å². The number of ether oxygens (including phenoxy) is 1. The van der Waals surface area contributed by atoms with Crippen LogP contribution in [-0.2, 0) is 4.79 Å². The van der Waals surface area contributed by atoms with Gasteiger partial charge in [0.05, 0.1) is 29.2 Å². The molecule has 1 atom stereocenters. The summed E-state index contributed by atoms with van der Waals surface area (Å²) < 4.78 is 43.2. The van der Waals surface area contributed by atoms with E-state index in [0.29, 0.717) is 53.3 Å². The van der Waals surface area contributed by atoms with E-state index in [-0.39, 0.29) is 23.6 Å². The van der Waals surface area contributed by atoms with Gasteiger partial charge in [0.2, 0.25) is 0 Å². The monoisotopic (exact) mass is 513 g/mol. The summed E-state index contributed by atoms with van der Waals surface area (Å²) in [7, 11) is 0. The predicted molar refractivity (Wildman–Crippen MR) is 130 cm³/mol. The number of fused-ring (bicyclic) bond motifs is 1. The van der Waals surface area contributed by atoms with Crippen LogP contribution in [-0.4, -0.2) is 39.2 Å². The molecule has 2 aromatic carbocycles. The summed E-state index contributed by atoms with van der Waals surface area (Å²) in [5.41, 5.74) is 2.31. The van der Waals surface area contributed by atoms with Gasteiger partial charge in [0.25, 0.3) is 5.91 Å². The smallest absolute Gasteiger partial charge is 0.481 e. The van der Waals surface area contributed by atoms with Gasteiger partial charge in [-0.2, -0.15) is 5.10 Å². The van der Waals surface area contributed by atoms with Crippen molar-refractivity contribution < 1.29 is 32.6 Å². The Morgan fingerprint density at radius 1 is 1.14 bits per heavy atom. The van der Waals surface area contributed by atoms with E-state index >= 15 is 0 Å². The highest BCUT2D eigenvalue weighted by molar-refractivity contribution is 6.07. The maximum Gasteiger partial charge on any atom is 0.573 e. The van der Waals surface area contributed by atoms with Gasteiger partial charge >= 0.3 is 12.3 Å². The van der Waals surface area contributed by atoms with Gasteiger partial charge in [-0.05, 0) is 69.4 Å². The van der Waals surface area contributed by atoms with Crippen LogP contribution in [0.1, 0.15) is 67.1 Å². The number of alkyl halides is 3. The molecule has 7 nitrogen and oxygen atoms in total. The van der Waals surface area contributed by atoms with Crippen molar-refractivity contribution in [1.29, 1.82) is 0 Å². The SMILES string of the molecule is CC#Cc1ccc(C(=O)NC2CCC(C(=O)O)CC2)c2c1cnn2C(C)c1ccc(OC(F)(F)F)cc1. The second-order valence-corrected chi connectivity index (χ2v) is 9.04. The van der Waals surface area contributed by atoms with Crippen molar-refractivity contribution >= 4 is 22.8 Å². The lowest BCUT2D eigenvalue weighted by Gasteiger charge is -2.27. The van der Waals surface area contributed by atoms with Crippen molar-refractivity contribution in [2.24, 2.45) is 5.92 Å². The zero-order chi connectivity index (χ0) is 26.7. The summed E-state index contributed by atoms with van der Waals surface area (Å²) in [6.45, 7) is 3.54. The van der Waals surface area contributed by atoms with Crippen LogP contribution >= 0.6 is 0 Å². The summed E-state index contributed by atoms with van der Waals surface area (Å²) in [6.07, 6.45) is -0.993. The first-order valence-electron chi connectivity index (χ1n) is 11.9. The Bertz CT molecular complexity index is 1360. The van der Waals surface area contributed by atoms with Gasteiger partial charge in [0.15, 0.2) is 0 Å². The third-order valence-corrected chi connectivity index (χ3v) is 6.64. The Morgan fingerprint density at radius 3 is 2.41 bits per heavy atom. The van der Waals surface area contributed by atoms with Gasteiger partial charge in [-0.15, -0.1) is 19.1 Å². The summed E-state index contributed by atoms with van der Waals surface area (Å²) in [5.74, 6) is 4.05. The molecule has 1 aliphatic rings. The number of carboxylic acid groups (broad SMARTS) is 1. The summed E-state index contributed by atoms with van der Waals surface area (Å²) in [5, 5.41) is 17.4. The Balaban J connectivity index is 1.65. The van der Waals surface area contributed by atoms with Crippen molar-refractivity contribution in [2.45, 2.75) is 58.0 Å². The van der Waals surface area contributed by atoms with Crippen molar-refractivity contribution in [3.05, 3.63) is 59.3 Å². The molecule has 194 valence electrons. The number of aliphatic carboxylic acids is 1. The predicted octanol–water partition coefficient (Wildman–Crippen LogP) is 5.29. The molecule has 1 heterocycles. The highest BCUT2D eigenvalue weighted by Crippen LogP contribution is 2.31. The number of rotatable bonds is 6. The molecule has 1 aromatic heterocycles. The molecule has 1 amide bonds. The standard InChI is InChI=1S/C27H26F3N3O4/c1-3-4-18-9-14-22(25(34)32-20-10-5-19(6-11-20)26(35)36)24-23(18)15-31-33(24)16(2)17-7-12-21(13-8-17)37-27(28,29)30/h7-9,12-16,19-20H,5-6,10-11H2,1-2H3,(H,32,34)(H,35,36). The maximum atomic E-state index is 13.4. The number of benzene rings is 2. The fraction of sp³-hybridized carbons (Fsp3) is 0.370. The molecule has 1 fully saturated rings. The van der Waals surface area contributed by atoms with Crippen LogP contribution in [0.15, 0.2) is 42.6 Å². The lowest BCUT2D eigenvalue weighted by molar-refractivity contribution is -0.274. The van der Waals surface area contributed by atoms with Gasteiger partial charge in [-0.25, -0.2) is 0 Å². The van der Waals surface area contributed by atoms with E-state index in [1.54, 1.807) is 29.9 Å². The maximum absolute atomic E-state index is 13.4. The van der Waals surface area contributed by atoms with E-state index in [4.69, 9.17) is 0 Å². The lowest BCUT2D eigenvalue weighted by atomic mass is 9.86. The Hall–Kier alpha value is -4.00. The number of carbonyl (C=O) groups excluding carboxylic acids is 1. The molecule has 0 spiro atoms. The topological polar surface area (TPSA) is 93.5 Å². The van der Waals surface area contributed by atoms with E-state index in [0.717, 1.165) is 0 Å². The third kappa shape index (κ3) is 5.88. The molecule has 1 saturated carbocycles. The Kier molecular flexibility index (Phi) is 7.43. The van der Waals surface area contributed by atoms with Crippen LogP contribution in [0, 0.1) is 17.8 Å². The average Bonchev–Trinajstić information content (AvgIpc) is 3.29. The highest BCUT2D eigenvalue weighted by atomic mass is 19.4. The highest BCUT2D eigenvalue weighted by Gasteiger charge is 2.31. The molecular formula is C27H26F3N3O4. The summed E-state index contributed by atoms with van der Waals surface area (Å²) >= 11 is 0. The minimum absolute atomic E-state index is 0.136. The van der Waals surface area contributed by atoms with E-state index < -0.39 is 18.4 Å². The number of hydrogen-bond acceptors (Lipinski definition) is 4. The largest absolute Gasteiger partial charge is 0.573 e. The van der Waals surface area contributed by atoms with E-state index in [2.05, 4.69) is 27.0 Å². The minimum atomic E-state index is -4.78. The zero-order valence-corrected chi connectivity index (χ0v) is 20.3. The Morgan fingerprint density at radius 2 is 1.81 bits per heavy atom. The number of halogens is 3. The Labute approximate surface area is 211 Å². The summed E-state index contributed by atoms with van der Waals surface area (Å²) in [4.78, 5) is 24.6. The molecule has 4 rings (SSSR count). The van der Waals surface area contributed by atoms with Crippen molar-refractivity contribution in [3.8, 4) is 17.6 Å². The zero-order valence-electron chi connectivity index (χ0n) is 20.3. The molecule has 0 bridgehead atoms. The number of carbonyl (C=O) groups is 2. The molecular weight excluding hydrogens is 487 g/mol. The molecule has 2 N–H and O–H groups in total. The first-order chi connectivity index (χ1) is 17.6. The number of carboxylic acids is 1. The molecule has 1 aliphatic carbocycles. The second kappa shape index (κ2) is 10.5. The molecule has 0 radical (unpaired) electrons. The first-order valence-corrected chi connectivity index (χ1v) is 11.9. The van der Waals surface area contributed by atoms with Crippen LogP contribution in [0.4, 0.5) is 13.2 Å². The lowest BCUT2D eigenvalue weighted by Crippen LogP contribution is -2.39. The van der Waals surface area contributed by atoms with Gasteiger partial charge in [0, 0.05) is 17.0 Å². The average molecular weight is 514 g/mol. The first kappa shape index (κ1) is 26.1. The van der Waals surface area contributed by atoms with Gasteiger partial charge in [-0.3, -0.25) is 14.3 Å². The molecule has 3 aromatic rings.